The maximum atomic E-state index is 12.4. The predicted molar refractivity (Wildman–Crippen MR) is 103 cm³/mol. The van der Waals surface area contributed by atoms with Crippen LogP contribution in [-0.4, -0.2) is 72.2 Å². The molecule has 1 saturated heterocycles. The van der Waals surface area contributed by atoms with Crippen molar-refractivity contribution in [2.75, 3.05) is 39.3 Å². The van der Waals surface area contributed by atoms with Crippen LogP contribution in [0.5, 0.6) is 11.5 Å². The summed E-state index contributed by atoms with van der Waals surface area (Å²) in [5.41, 5.74) is 0.578. The fourth-order valence-corrected chi connectivity index (χ4v) is 3.40. The van der Waals surface area contributed by atoms with Crippen molar-refractivity contribution in [1.29, 1.82) is 0 Å². The monoisotopic (exact) mass is 384 g/mol. The standard InChI is InChI=1S/C20H24N4O4/c25-19(16-4-3-8-21-16)23-10-12-24(13-11-23)20(26)22-9-7-15-14-27-17-5-1-2-6-18(17)28-15/h1-6,8,15,21H,7,9-14H2,(H,22,26). The summed E-state index contributed by atoms with van der Waals surface area (Å²) in [6.45, 7) is 3.09. The Morgan fingerprint density at radius 2 is 1.79 bits per heavy atom. The van der Waals surface area contributed by atoms with Crippen molar-refractivity contribution < 1.29 is 19.1 Å². The molecule has 1 aromatic heterocycles. The topological polar surface area (TPSA) is 86.9 Å². The average molecular weight is 384 g/mol. The molecule has 28 heavy (non-hydrogen) atoms. The minimum atomic E-state index is -0.107. The van der Waals surface area contributed by atoms with Crippen LogP contribution in [0.15, 0.2) is 42.6 Å². The van der Waals surface area contributed by atoms with Gasteiger partial charge in [0.2, 0.25) is 0 Å². The quantitative estimate of drug-likeness (QED) is 0.840. The lowest BCUT2D eigenvalue weighted by molar-refractivity contribution is 0.0656. The lowest BCUT2D eigenvalue weighted by atomic mass is 10.2. The number of carbonyl (C=O) groups is 2. The molecule has 1 unspecified atom stereocenters. The number of piperazine rings is 1. The maximum Gasteiger partial charge on any atom is 0.317 e. The second-order valence-corrected chi connectivity index (χ2v) is 6.88. The van der Waals surface area contributed by atoms with E-state index < -0.39 is 0 Å². The highest BCUT2D eigenvalue weighted by atomic mass is 16.6. The molecule has 2 aliphatic rings. The number of carbonyl (C=O) groups excluding carboxylic acids is 2. The zero-order chi connectivity index (χ0) is 19.3. The summed E-state index contributed by atoms with van der Waals surface area (Å²) in [7, 11) is 0. The molecule has 0 aliphatic carbocycles. The van der Waals surface area contributed by atoms with E-state index in [4.69, 9.17) is 9.47 Å². The smallest absolute Gasteiger partial charge is 0.317 e. The van der Waals surface area contributed by atoms with E-state index >= 15 is 0 Å². The molecule has 1 fully saturated rings. The first kappa shape index (κ1) is 18.2. The van der Waals surface area contributed by atoms with Crippen LogP contribution in [0.2, 0.25) is 0 Å². The Balaban J connectivity index is 1.18. The number of hydrogen-bond acceptors (Lipinski definition) is 4. The van der Waals surface area contributed by atoms with Crippen molar-refractivity contribution in [2.24, 2.45) is 0 Å². The zero-order valence-electron chi connectivity index (χ0n) is 15.6. The van der Waals surface area contributed by atoms with E-state index in [1.54, 1.807) is 28.1 Å². The van der Waals surface area contributed by atoms with Gasteiger partial charge < -0.3 is 29.6 Å². The van der Waals surface area contributed by atoms with Gasteiger partial charge in [0.15, 0.2) is 11.5 Å². The van der Waals surface area contributed by atoms with Crippen molar-refractivity contribution in [2.45, 2.75) is 12.5 Å². The summed E-state index contributed by atoms with van der Waals surface area (Å²) in [4.78, 5) is 31.1. The molecular weight excluding hydrogens is 360 g/mol. The lowest BCUT2D eigenvalue weighted by Crippen LogP contribution is -2.53. The summed E-state index contributed by atoms with van der Waals surface area (Å²) in [5, 5.41) is 2.94. The number of fused-ring (bicyclic) bond motifs is 1. The van der Waals surface area contributed by atoms with Crippen molar-refractivity contribution in [1.82, 2.24) is 20.1 Å². The highest BCUT2D eigenvalue weighted by Crippen LogP contribution is 2.31. The molecule has 2 aliphatic heterocycles. The summed E-state index contributed by atoms with van der Waals surface area (Å²) in [5.74, 6) is 1.47. The van der Waals surface area contributed by atoms with Crippen molar-refractivity contribution in [3.63, 3.8) is 0 Å². The van der Waals surface area contributed by atoms with Gasteiger partial charge in [0.1, 0.15) is 18.4 Å². The minimum absolute atomic E-state index is 0.0280. The molecule has 0 saturated carbocycles. The molecule has 4 rings (SSSR count). The second-order valence-electron chi connectivity index (χ2n) is 6.88. The Morgan fingerprint density at radius 3 is 2.54 bits per heavy atom. The van der Waals surface area contributed by atoms with Gasteiger partial charge in [0.25, 0.3) is 5.91 Å². The van der Waals surface area contributed by atoms with E-state index in [2.05, 4.69) is 10.3 Å². The van der Waals surface area contributed by atoms with Crippen LogP contribution in [0.1, 0.15) is 16.9 Å². The van der Waals surface area contributed by atoms with Gasteiger partial charge in [-0.1, -0.05) is 12.1 Å². The Bertz CT molecular complexity index is 815. The van der Waals surface area contributed by atoms with Gasteiger partial charge in [-0.15, -0.1) is 0 Å². The van der Waals surface area contributed by atoms with E-state index in [0.29, 0.717) is 51.4 Å². The van der Waals surface area contributed by atoms with Crippen LogP contribution in [0.25, 0.3) is 0 Å². The first-order valence-electron chi connectivity index (χ1n) is 9.54. The van der Waals surface area contributed by atoms with Gasteiger partial charge in [-0.05, 0) is 24.3 Å². The zero-order valence-corrected chi connectivity index (χ0v) is 15.6. The first-order chi connectivity index (χ1) is 13.7. The number of amides is 3. The summed E-state index contributed by atoms with van der Waals surface area (Å²) in [6.07, 6.45) is 2.33. The number of hydrogen-bond donors (Lipinski definition) is 2. The minimum Gasteiger partial charge on any atom is -0.486 e. The largest absolute Gasteiger partial charge is 0.486 e. The number of rotatable bonds is 4. The molecule has 148 valence electrons. The van der Waals surface area contributed by atoms with Crippen molar-refractivity contribution >= 4 is 11.9 Å². The fourth-order valence-electron chi connectivity index (χ4n) is 3.40. The molecule has 8 nitrogen and oxygen atoms in total. The Morgan fingerprint density at radius 1 is 1.04 bits per heavy atom. The molecule has 8 heteroatoms. The molecule has 0 radical (unpaired) electrons. The van der Waals surface area contributed by atoms with E-state index in [-0.39, 0.29) is 18.0 Å². The van der Waals surface area contributed by atoms with Gasteiger partial charge in [0.05, 0.1) is 0 Å². The van der Waals surface area contributed by atoms with Gasteiger partial charge in [-0.3, -0.25) is 4.79 Å². The van der Waals surface area contributed by atoms with E-state index in [0.717, 1.165) is 11.5 Å². The van der Waals surface area contributed by atoms with Crippen LogP contribution < -0.4 is 14.8 Å². The molecule has 1 atom stereocenters. The molecular formula is C20H24N4O4. The van der Waals surface area contributed by atoms with Gasteiger partial charge in [-0.2, -0.15) is 0 Å². The number of benzene rings is 1. The molecule has 3 amide bonds. The third kappa shape index (κ3) is 4.05. The lowest BCUT2D eigenvalue weighted by Gasteiger charge is -2.34. The highest BCUT2D eigenvalue weighted by molar-refractivity contribution is 5.92. The number of aromatic nitrogens is 1. The summed E-state index contributed by atoms with van der Waals surface area (Å²) >= 11 is 0. The number of aromatic amines is 1. The van der Waals surface area contributed by atoms with Gasteiger partial charge in [-0.25, -0.2) is 4.79 Å². The van der Waals surface area contributed by atoms with E-state index in [1.165, 1.54) is 0 Å². The molecule has 0 bridgehead atoms. The number of H-pyrrole nitrogens is 1. The number of nitrogens with zero attached hydrogens (tertiary/aromatic N) is 2. The van der Waals surface area contributed by atoms with Crippen molar-refractivity contribution in [3.05, 3.63) is 48.3 Å². The van der Waals surface area contributed by atoms with E-state index in [9.17, 15) is 9.59 Å². The summed E-state index contributed by atoms with van der Waals surface area (Å²) in [6, 6.07) is 11.0. The van der Waals surface area contributed by atoms with E-state index in [1.807, 2.05) is 24.3 Å². The first-order valence-corrected chi connectivity index (χ1v) is 9.54. The van der Waals surface area contributed by atoms with Crippen LogP contribution in [0.4, 0.5) is 4.79 Å². The number of ether oxygens (including phenoxy) is 2. The molecule has 1 aromatic carbocycles. The fraction of sp³-hybridized carbons (Fsp3) is 0.400. The number of nitrogens with one attached hydrogen (secondary N) is 2. The predicted octanol–water partition coefficient (Wildman–Crippen LogP) is 1.71. The maximum absolute atomic E-state index is 12.4. The van der Waals surface area contributed by atoms with Crippen LogP contribution in [-0.2, 0) is 0 Å². The van der Waals surface area contributed by atoms with Crippen molar-refractivity contribution in [3.8, 4) is 11.5 Å². The number of urea groups is 1. The van der Waals surface area contributed by atoms with Crippen LogP contribution in [0.3, 0.4) is 0 Å². The summed E-state index contributed by atoms with van der Waals surface area (Å²) < 4.78 is 11.6. The third-order valence-electron chi connectivity index (χ3n) is 4.99. The highest BCUT2D eigenvalue weighted by Gasteiger charge is 2.26. The van der Waals surface area contributed by atoms with Gasteiger partial charge in [0, 0.05) is 45.3 Å². The van der Waals surface area contributed by atoms with Gasteiger partial charge >= 0.3 is 6.03 Å². The molecule has 2 aromatic rings. The Kier molecular flexibility index (Phi) is 5.36. The average Bonchev–Trinajstić information content (AvgIpc) is 3.28. The normalized spacial score (nSPS) is 18.6. The Hall–Kier alpha value is -3.16. The molecule has 3 heterocycles. The third-order valence-corrected chi connectivity index (χ3v) is 4.99. The molecule has 0 spiro atoms. The SMILES string of the molecule is O=C(NCCC1COc2ccccc2O1)N1CCN(C(=O)c2ccc[nH]2)CC1. The van der Waals surface area contributed by atoms with Crippen LogP contribution in [0, 0.1) is 0 Å². The Labute approximate surface area is 163 Å². The van der Waals surface area contributed by atoms with Crippen LogP contribution >= 0.6 is 0 Å². The second kappa shape index (κ2) is 8.24. The number of para-hydroxylation sites is 2. The molecule has 2 N–H and O–H groups in total.